The Labute approximate surface area is 127 Å². The Hall–Kier alpha value is -1.35. The summed E-state index contributed by atoms with van der Waals surface area (Å²) in [4.78, 5) is 15.0. The lowest BCUT2D eigenvalue weighted by Gasteiger charge is -2.10. The molecule has 1 atom stereocenters. The van der Waals surface area contributed by atoms with Crippen molar-refractivity contribution in [2.24, 2.45) is 10.9 Å². The Bertz CT molecular complexity index is 434. The number of carbonyl (C=O) groups is 1. The van der Waals surface area contributed by atoms with Crippen LogP contribution in [0.2, 0.25) is 0 Å². The van der Waals surface area contributed by atoms with E-state index in [1.165, 1.54) is 0 Å². The summed E-state index contributed by atoms with van der Waals surface area (Å²) in [6, 6.07) is 0. The fraction of sp³-hybridized carbons (Fsp3) is 0.500. The molecule has 0 fully saturated rings. The molecule has 0 bridgehead atoms. The third-order valence-corrected chi connectivity index (χ3v) is 3.56. The summed E-state index contributed by atoms with van der Waals surface area (Å²) in [5.74, 6) is 0.407. The van der Waals surface area contributed by atoms with Crippen molar-refractivity contribution in [2.45, 2.75) is 41.0 Å². The second-order valence-electron chi connectivity index (χ2n) is 4.71. The zero-order valence-electron chi connectivity index (χ0n) is 13.0. The lowest BCUT2D eigenvalue weighted by Crippen LogP contribution is -2.15. The highest BCUT2D eigenvalue weighted by molar-refractivity contribution is 6.31. The molecule has 0 aromatic rings. The van der Waals surface area contributed by atoms with E-state index >= 15 is 0 Å². The number of nitrogens with zero attached hydrogens (tertiary/aromatic N) is 1. The van der Waals surface area contributed by atoms with Crippen molar-refractivity contribution in [3.63, 3.8) is 0 Å². The van der Waals surface area contributed by atoms with E-state index in [9.17, 15) is 4.79 Å². The molecule has 0 saturated carbocycles. The molecule has 3 nitrogen and oxygen atoms in total. The third-order valence-electron chi connectivity index (χ3n) is 3.15. The van der Waals surface area contributed by atoms with Crippen LogP contribution >= 0.6 is 11.6 Å². The minimum absolute atomic E-state index is 0.402. The van der Waals surface area contributed by atoms with Crippen LogP contribution in [0.15, 0.2) is 39.0 Å². The molecule has 0 spiro atoms. The van der Waals surface area contributed by atoms with Crippen molar-refractivity contribution in [1.82, 2.24) is 5.32 Å². The molecule has 0 aliphatic rings. The molecule has 1 amide bonds. The van der Waals surface area contributed by atoms with E-state index in [0.29, 0.717) is 23.9 Å². The highest BCUT2D eigenvalue weighted by atomic mass is 35.5. The first-order valence-electron chi connectivity index (χ1n) is 6.88. The number of rotatable bonds is 8. The number of halogens is 1. The number of nitrogens with one attached hydrogen (secondary N) is 1. The van der Waals surface area contributed by atoms with Crippen LogP contribution in [0.3, 0.4) is 0 Å². The molecule has 0 aromatic heterocycles. The Morgan fingerprint density at radius 2 is 2.00 bits per heavy atom. The summed E-state index contributed by atoms with van der Waals surface area (Å²) in [7, 11) is 0. The summed E-state index contributed by atoms with van der Waals surface area (Å²) in [5, 5.41) is 3.35. The van der Waals surface area contributed by atoms with Gasteiger partial charge in [0.15, 0.2) is 0 Å². The lowest BCUT2D eigenvalue weighted by atomic mass is 10.1. The van der Waals surface area contributed by atoms with Crippen molar-refractivity contribution in [2.75, 3.05) is 6.54 Å². The van der Waals surface area contributed by atoms with Crippen molar-refractivity contribution < 1.29 is 4.79 Å². The van der Waals surface area contributed by atoms with Gasteiger partial charge in [0, 0.05) is 11.2 Å². The van der Waals surface area contributed by atoms with E-state index in [4.69, 9.17) is 11.6 Å². The second-order valence-corrected chi connectivity index (χ2v) is 5.11. The predicted octanol–water partition coefficient (Wildman–Crippen LogP) is 4.21. The minimum Gasteiger partial charge on any atom is -0.353 e. The van der Waals surface area contributed by atoms with Crippen LogP contribution in [0.25, 0.3) is 0 Å². The molecule has 112 valence electrons. The second kappa shape index (κ2) is 10.4. The van der Waals surface area contributed by atoms with E-state index in [-0.39, 0.29) is 0 Å². The van der Waals surface area contributed by atoms with Crippen LogP contribution in [0.4, 0.5) is 0 Å². The van der Waals surface area contributed by atoms with Crippen LogP contribution in [0, 0.1) is 5.92 Å². The highest BCUT2D eigenvalue weighted by Crippen LogP contribution is 2.22. The van der Waals surface area contributed by atoms with Gasteiger partial charge >= 0.3 is 0 Å². The Kier molecular flexibility index (Phi) is 9.73. The summed E-state index contributed by atoms with van der Waals surface area (Å²) in [6.07, 6.45) is 7.38. The van der Waals surface area contributed by atoms with E-state index in [2.05, 4.69) is 24.2 Å². The maximum Gasteiger partial charge on any atom is 0.207 e. The van der Waals surface area contributed by atoms with Crippen molar-refractivity contribution in [3.05, 3.63) is 34.0 Å². The molecular weight excluding hydrogens is 272 g/mol. The Balaban J connectivity index is 5.45. The molecule has 0 radical (unpaired) electrons. The Morgan fingerprint density at radius 3 is 2.50 bits per heavy atom. The number of allylic oxidation sites excluding steroid dienone is 5. The summed E-state index contributed by atoms with van der Waals surface area (Å²) >= 11 is 6.21. The average molecular weight is 297 g/mol. The van der Waals surface area contributed by atoms with Gasteiger partial charge < -0.3 is 5.32 Å². The molecule has 4 heteroatoms. The summed E-state index contributed by atoms with van der Waals surface area (Å²) in [5.41, 5.74) is 2.79. The standard InChI is InChI=1S/C16H25ClN2O/c1-6-8-15(17)13(4)14(5)16(10-18-11-20)19-9-12(3)7-2/h6,8-9,11-12H,7,10H2,1-5H3,(H,18,20)/b8-6-,15-13+,16-14+,19-9-. The lowest BCUT2D eigenvalue weighted by molar-refractivity contribution is -0.109. The molecule has 1 unspecified atom stereocenters. The molecule has 0 aliphatic heterocycles. The van der Waals surface area contributed by atoms with Crippen LogP contribution in [-0.2, 0) is 4.79 Å². The molecule has 1 N–H and O–H groups in total. The first-order valence-corrected chi connectivity index (χ1v) is 7.26. The van der Waals surface area contributed by atoms with Crippen molar-refractivity contribution >= 4 is 24.2 Å². The van der Waals surface area contributed by atoms with Crippen LogP contribution in [0.5, 0.6) is 0 Å². The van der Waals surface area contributed by atoms with Gasteiger partial charge in [0.25, 0.3) is 0 Å². The molecule has 0 rings (SSSR count). The summed E-state index contributed by atoms with van der Waals surface area (Å²) in [6.45, 7) is 10.5. The van der Waals surface area contributed by atoms with Crippen LogP contribution in [0.1, 0.15) is 41.0 Å². The van der Waals surface area contributed by atoms with E-state index in [1.54, 1.807) is 0 Å². The first-order chi connectivity index (χ1) is 9.47. The molecule has 0 heterocycles. The van der Waals surface area contributed by atoms with Gasteiger partial charge in [-0.05, 0) is 50.3 Å². The quantitative estimate of drug-likeness (QED) is 0.407. The van der Waals surface area contributed by atoms with Gasteiger partial charge in [-0.2, -0.15) is 0 Å². The third kappa shape index (κ3) is 6.71. The highest BCUT2D eigenvalue weighted by Gasteiger charge is 2.06. The largest absolute Gasteiger partial charge is 0.353 e. The Morgan fingerprint density at radius 1 is 1.35 bits per heavy atom. The van der Waals surface area contributed by atoms with Crippen molar-refractivity contribution in [1.29, 1.82) is 0 Å². The molecular formula is C16H25ClN2O. The van der Waals surface area contributed by atoms with E-state index in [0.717, 1.165) is 23.3 Å². The van der Waals surface area contributed by atoms with Gasteiger partial charge in [0.1, 0.15) is 0 Å². The summed E-state index contributed by atoms with van der Waals surface area (Å²) < 4.78 is 0. The molecule has 20 heavy (non-hydrogen) atoms. The number of hydrogen-bond acceptors (Lipinski definition) is 2. The SMILES string of the molecule is C\C=C/C(Cl)=C(C)\C(C)=C(CNC=O)\N=C/C(C)CC. The number of hydrogen-bond donors (Lipinski definition) is 1. The normalized spacial score (nSPS) is 16.1. The number of carbonyl (C=O) groups excluding carboxylic acids is 1. The molecule has 0 saturated heterocycles. The van der Waals surface area contributed by atoms with Crippen LogP contribution in [-0.4, -0.2) is 19.2 Å². The van der Waals surface area contributed by atoms with Gasteiger partial charge in [0.05, 0.1) is 12.2 Å². The molecule has 0 aromatic carbocycles. The van der Waals surface area contributed by atoms with E-state index in [1.807, 2.05) is 39.1 Å². The van der Waals surface area contributed by atoms with Crippen LogP contribution < -0.4 is 5.32 Å². The zero-order chi connectivity index (χ0) is 15.5. The monoisotopic (exact) mass is 296 g/mol. The fourth-order valence-electron chi connectivity index (χ4n) is 1.40. The fourth-order valence-corrected chi connectivity index (χ4v) is 1.67. The predicted molar refractivity (Wildman–Crippen MR) is 88.1 cm³/mol. The van der Waals surface area contributed by atoms with Gasteiger partial charge in [-0.25, -0.2) is 0 Å². The number of aliphatic imine (C=N–C) groups is 1. The van der Waals surface area contributed by atoms with Gasteiger partial charge in [0.2, 0.25) is 6.41 Å². The first kappa shape index (κ1) is 18.7. The van der Waals surface area contributed by atoms with Gasteiger partial charge in [-0.3, -0.25) is 9.79 Å². The van der Waals surface area contributed by atoms with Gasteiger partial charge in [-0.1, -0.05) is 31.5 Å². The zero-order valence-corrected chi connectivity index (χ0v) is 13.8. The minimum atomic E-state index is 0.402. The maximum atomic E-state index is 10.5. The smallest absolute Gasteiger partial charge is 0.207 e. The average Bonchev–Trinajstić information content (AvgIpc) is 2.45. The topological polar surface area (TPSA) is 41.5 Å². The maximum absolute atomic E-state index is 10.5. The molecule has 0 aliphatic carbocycles. The van der Waals surface area contributed by atoms with Crippen molar-refractivity contribution in [3.8, 4) is 0 Å². The number of amides is 1. The van der Waals surface area contributed by atoms with E-state index < -0.39 is 0 Å². The van der Waals surface area contributed by atoms with Gasteiger partial charge in [-0.15, -0.1) is 0 Å².